The average molecular weight is 779 g/mol. The minimum absolute atomic E-state index is 0.00967. The molecule has 2 aromatic carbocycles. The molecule has 2 fully saturated rings. The number of amides is 1. The molecule has 0 spiro atoms. The van der Waals surface area contributed by atoms with E-state index in [-0.39, 0.29) is 54.7 Å². The van der Waals surface area contributed by atoms with E-state index in [1.807, 2.05) is 51.2 Å². The van der Waals surface area contributed by atoms with Gasteiger partial charge in [0.1, 0.15) is 11.9 Å². The lowest BCUT2D eigenvalue weighted by atomic mass is 10.0. The predicted molar refractivity (Wildman–Crippen MR) is 201 cm³/mol. The summed E-state index contributed by atoms with van der Waals surface area (Å²) in [6.45, 7) is 13.3. The number of nitrogens with one attached hydrogen (secondary N) is 1. The molecule has 53 heavy (non-hydrogen) atoms. The van der Waals surface area contributed by atoms with Gasteiger partial charge in [-0.15, -0.1) is 0 Å². The maximum absolute atomic E-state index is 14.0. The van der Waals surface area contributed by atoms with Crippen LogP contribution in [0.1, 0.15) is 65.4 Å². The Morgan fingerprint density at radius 2 is 1.77 bits per heavy atom. The van der Waals surface area contributed by atoms with Gasteiger partial charge in [0.25, 0.3) is 0 Å². The molecule has 15 heteroatoms. The summed E-state index contributed by atoms with van der Waals surface area (Å²) in [6, 6.07) is 11.0. The highest BCUT2D eigenvalue weighted by Crippen LogP contribution is 2.40. The van der Waals surface area contributed by atoms with Crippen molar-refractivity contribution in [1.82, 2.24) is 9.62 Å². The molecule has 296 valence electrons. The van der Waals surface area contributed by atoms with E-state index in [1.165, 1.54) is 16.4 Å². The molecule has 3 heterocycles. The van der Waals surface area contributed by atoms with Crippen LogP contribution in [0, 0.1) is 11.8 Å². The smallest absolute Gasteiger partial charge is 0.407 e. The predicted octanol–water partition coefficient (Wildman–Crippen LogP) is 5.44. The number of sulfonamides is 1. The maximum atomic E-state index is 14.0. The number of aliphatic hydroxyl groups excluding tert-OH is 1. The highest BCUT2D eigenvalue weighted by Gasteiger charge is 2.44. The van der Waals surface area contributed by atoms with Crippen molar-refractivity contribution >= 4 is 24.4 Å². The molecule has 0 unspecified atom stereocenters. The van der Waals surface area contributed by atoms with Crippen molar-refractivity contribution in [3.8, 4) is 17.2 Å². The second-order valence-electron chi connectivity index (χ2n) is 16.0. The molecule has 5 rings (SSSR count). The standard InChI is InChI=1S/C38H58N2O11SSi/c1-26(2)22-40(52(43,44)29-14-15-33-34(21-29)50-25-49-33)23-32(41)31(39-37(42)51-35-24-48-36-30(35)16-19-47-36)20-27-10-12-28(13-11-27)46-18-9-7-8-17-38(3,4)53(5,6)45/h10-15,21,26,30-32,35-36,41,45H,7-9,16-20,22-25H2,1-6H3,(H,39,42)/t30-,31-,32+,35-,36+/m0/s1. The Bertz CT molecular complexity index is 1620. The lowest BCUT2D eigenvalue weighted by molar-refractivity contribution is -0.0907. The SMILES string of the molecule is CC(C)CN(C[C@@H](O)[C@H](Cc1ccc(OCCCCCC(C)(C)[Si](C)(C)O)cc1)NC(=O)O[C@H]1CO[C@H]2OCC[C@H]21)S(=O)(=O)c1ccc2c(c1)OCO2. The van der Waals surface area contributed by atoms with Crippen LogP contribution in [0.4, 0.5) is 4.79 Å². The third-order valence-corrected chi connectivity index (χ3v) is 16.1. The first-order chi connectivity index (χ1) is 25.0. The summed E-state index contributed by atoms with van der Waals surface area (Å²) in [5, 5.41) is 14.5. The minimum atomic E-state index is -4.07. The maximum Gasteiger partial charge on any atom is 0.407 e. The third kappa shape index (κ3) is 10.9. The van der Waals surface area contributed by atoms with Crippen LogP contribution in [0.15, 0.2) is 47.4 Å². The number of carbonyl (C=O) groups is 1. The van der Waals surface area contributed by atoms with Crippen LogP contribution in [0.25, 0.3) is 0 Å². The van der Waals surface area contributed by atoms with E-state index in [2.05, 4.69) is 19.2 Å². The van der Waals surface area contributed by atoms with Crippen molar-refractivity contribution in [2.45, 2.75) is 114 Å². The van der Waals surface area contributed by atoms with Gasteiger partial charge in [-0.1, -0.05) is 52.7 Å². The van der Waals surface area contributed by atoms with Crippen molar-refractivity contribution in [1.29, 1.82) is 0 Å². The Hall–Kier alpha value is -2.92. The normalized spacial score (nSPS) is 21.1. The number of rotatable bonds is 19. The minimum Gasteiger partial charge on any atom is -0.494 e. The van der Waals surface area contributed by atoms with Gasteiger partial charge in [-0.2, -0.15) is 4.31 Å². The van der Waals surface area contributed by atoms with Crippen LogP contribution in [0.5, 0.6) is 17.2 Å². The monoisotopic (exact) mass is 778 g/mol. The van der Waals surface area contributed by atoms with Crippen LogP contribution in [0.2, 0.25) is 18.1 Å². The Kier molecular flexibility index (Phi) is 13.8. The van der Waals surface area contributed by atoms with Gasteiger partial charge in [0.05, 0.1) is 42.8 Å². The molecular weight excluding hydrogens is 721 g/mol. The molecule has 0 radical (unpaired) electrons. The summed E-state index contributed by atoms with van der Waals surface area (Å²) in [4.78, 5) is 23.9. The van der Waals surface area contributed by atoms with Gasteiger partial charge in [0.2, 0.25) is 16.8 Å². The molecule has 0 bridgehead atoms. The van der Waals surface area contributed by atoms with Crippen LogP contribution >= 0.6 is 0 Å². The number of nitrogens with zero attached hydrogens (tertiary/aromatic N) is 1. The van der Waals surface area contributed by atoms with E-state index >= 15 is 0 Å². The molecule has 3 N–H and O–H groups in total. The van der Waals surface area contributed by atoms with Gasteiger partial charge >= 0.3 is 6.09 Å². The third-order valence-electron chi connectivity index (χ3n) is 10.7. The zero-order valence-electron chi connectivity index (χ0n) is 31.9. The fourth-order valence-corrected chi connectivity index (χ4v) is 9.10. The first-order valence-electron chi connectivity index (χ1n) is 18.8. The van der Waals surface area contributed by atoms with Gasteiger partial charge < -0.3 is 43.6 Å². The summed E-state index contributed by atoms with van der Waals surface area (Å²) in [5.41, 5.74) is 0.808. The number of carbonyl (C=O) groups excluding carboxylic acids is 1. The van der Waals surface area contributed by atoms with Crippen LogP contribution in [0.3, 0.4) is 0 Å². The Labute approximate surface area is 315 Å². The molecule has 3 aliphatic rings. The lowest BCUT2D eigenvalue weighted by Crippen LogP contribution is -2.51. The molecular formula is C38H58N2O11SSi. The second-order valence-corrected chi connectivity index (χ2v) is 22.4. The topological polar surface area (TPSA) is 162 Å². The first kappa shape index (κ1) is 41.2. The number of fused-ring (bicyclic) bond motifs is 2. The Balaban J connectivity index is 1.24. The summed E-state index contributed by atoms with van der Waals surface area (Å²) >= 11 is 0. The number of ether oxygens (including phenoxy) is 6. The molecule has 0 aromatic heterocycles. The van der Waals surface area contributed by atoms with E-state index in [9.17, 15) is 23.1 Å². The summed E-state index contributed by atoms with van der Waals surface area (Å²) in [7, 11) is -6.29. The fourth-order valence-electron chi connectivity index (χ4n) is 6.67. The number of hydrogen-bond donors (Lipinski definition) is 3. The zero-order chi connectivity index (χ0) is 38.4. The highest BCUT2D eigenvalue weighted by molar-refractivity contribution is 7.89. The van der Waals surface area contributed by atoms with Crippen molar-refractivity contribution < 1.29 is 51.5 Å². The average Bonchev–Trinajstić information content (AvgIpc) is 3.84. The van der Waals surface area contributed by atoms with Crippen LogP contribution < -0.4 is 19.5 Å². The van der Waals surface area contributed by atoms with Gasteiger partial charge in [-0.25, -0.2) is 13.2 Å². The van der Waals surface area contributed by atoms with E-state index in [0.29, 0.717) is 36.9 Å². The quantitative estimate of drug-likeness (QED) is 0.123. The van der Waals surface area contributed by atoms with Gasteiger partial charge in [-0.05, 0) is 79.6 Å². The zero-order valence-corrected chi connectivity index (χ0v) is 33.7. The second kappa shape index (κ2) is 17.7. The first-order valence-corrected chi connectivity index (χ1v) is 23.1. The highest BCUT2D eigenvalue weighted by atomic mass is 32.2. The summed E-state index contributed by atoms with van der Waals surface area (Å²) in [6.07, 6.45) is 1.92. The molecule has 13 nitrogen and oxygen atoms in total. The van der Waals surface area contributed by atoms with E-state index in [0.717, 1.165) is 31.2 Å². The van der Waals surface area contributed by atoms with Gasteiger partial charge in [-0.3, -0.25) is 0 Å². The van der Waals surface area contributed by atoms with Crippen molar-refractivity contribution in [3.63, 3.8) is 0 Å². The summed E-state index contributed by atoms with van der Waals surface area (Å²) < 4.78 is 62.9. The van der Waals surface area contributed by atoms with Crippen molar-refractivity contribution in [2.75, 3.05) is 39.7 Å². The number of unbranched alkanes of at least 4 members (excludes halogenated alkanes) is 2. The van der Waals surface area contributed by atoms with Crippen LogP contribution in [-0.2, 0) is 30.7 Å². The molecule has 0 saturated carbocycles. The molecule has 0 aliphatic carbocycles. The molecule has 3 aliphatic heterocycles. The van der Waals surface area contributed by atoms with E-state index in [4.69, 9.17) is 28.4 Å². The number of hydrogen-bond acceptors (Lipinski definition) is 11. The number of aliphatic hydroxyl groups is 1. The van der Waals surface area contributed by atoms with Gasteiger partial charge in [0, 0.05) is 19.2 Å². The van der Waals surface area contributed by atoms with E-state index < -0.39 is 49.0 Å². The lowest BCUT2D eigenvalue weighted by Gasteiger charge is -2.35. The van der Waals surface area contributed by atoms with Crippen molar-refractivity contribution in [3.05, 3.63) is 48.0 Å². The van der Waals surface area contributed by atoms with E-state index in [1.54, 1.807) is 6.07 Å². The molecule has 2 saturated heterocycles. The van der Waals surface area contributed by atoms with Crippen molar-refractivity contribution in [2.24, 2.45) is 11.8 Å². The number of benzene rings is 2. The molecule has 5 atom stereocenters. The number of alkyl carbamates (subject to hydrolysis) is 1. The fraction of sp³-hybridized carbons (Fsp3) is 0.658. The van der Waals surface area contributed by atoms with Gasteiger partial charge in [0.15, 0.2) is 26.1 Å². The molecule has 2 aromatic rings. The largest absolute Gasteiger partial charge is 0.494 e. The summed E-state index contributed by atoms with van der Waals surface area (Å²) in [5.74, 6) is 1.39. The Morgan fingerprint density at radius 1 is 1.04 bits per heavy atom. The molecule has 1 amide bonds. The van der Waals surface area contributed by atoms with Crippen LogP contribution in [-0.4, -0.2) is 101 Å². The Morgan fingerprint density at radius 3 is 2.49 bits per heavy atom.